The lowest BCUT2D eigenvalue weighted by atomic mass is 10.00. The van der Waals surface area contributed by atoms with Gasteiger partial charge in [-0.3, -0.25) is 0 Å². The SMILES string of the molecule is c1ccc(C2=NC(c3ccccc3)NC(c3ccc4oc5ccc(-c6cccc7c6sc6ccc(-n8c9ccccc9c9ccccc98)cc67)cc5c4c3)=N2)cc1. The largest absolute Gasteiger partial charge is 0.456 e. The first kappa shape index (κ1) is 32.0. The molecule has 1 N–H and O–H groups in total. The number of hydrogen-bond acceptors (Lipinski definition) is 5. The van der Waals surface area contributed by atoms with Gasteiger partial charge in [0, 0.05) is 58.5 Å². The predicted molar refractivity (Wildman–Crippen MR) is 238 cm³/mol. The summed E-state index contributed by atoms with van der Waals surface area (Å²) in [5.41, 5.74) is 10.7. The van der Waals surface area contributed by atoms with Crippen molar-refractivity contribution < 1.29 is 4.42 Å². The second-order valence-corrected chi connectivity index (χ2v) is 15.6. The van der Waals surface area contributed by atoms with Gasteiger partial charge in [-0.15, -0.1) is 11.3 Å². The second-order valence-electron chi connectivity index (χ2n) is 14.6. The second kappa shape index (κ2) is 12.6. The quantitative estimate of drug-likeness (QED) is 0.191. The fraction of sp³-hybridized carbons (Fsp3) is 0.0196. The van der Waals surface area contributed by atoms with Gasteiger partial charge >= 0.3 is 0 Å². The monoisotopic (exact) mass is 748 g/mol. The molecule has 0 bridgehead atoms. The van der Waals surface area contributed by atoms with Gasteiger partial charge in [-0.05, 0) is 77.4 Å². The van der Waals surface area contributed by atoms with Gasteiger partial charge < -0.3 is 14.3 Å². The molecular weight excluding hydrogens is 717 g/mol. The Kier molecular flexibility index (Phi) is 7.09. The Morgan fingerprint density at radius 3 is 1.91 bits per heavy atom. The van der Waals surface area contributed by atoms with Crippen molar-refractivity contribution in [2.24, 2.45) is 9.98 Å². The molecule has 0 radical (unpaired) electrons. The molecule has 0 saturated carbocycles. The van der Waals surface area contributed by atoms with Gasteiger partial charge in [0.1, 0.15) is 23.2 Å². The van der Waals surface area contributed by atoms with Crippen molar-refractivity contribution >= 4 is 86.9 Å². The number of aromatic nitrogens is 1. The number of nitrogens with zero attached hydrogens (tertiary/aromatic N) is 3. The van der Waals surface area contributed by atoms with Crippen molar-refractivity contribution in [3.05, 3.63) is 199 Å². The van der Waals surface area contributed by atoms with Crippen molar-refractivity contribution in [2.75, 3.05) is 0 Å². The van der Waals surface area contributed by atoms with Crippen LogP contribution in [0.25, 0.3) is 80.7 Å². The van der Waals surface area contributed by atoms with Gasteiger partial charge in [0.05, 0.1) is 11.0 Å². The molecule has 0 aliphatic carbocycles. The Morgan fingerprint density at radius 2 is 1.16 bits per heavy atom. The van der Waals surface area contributed by atoms with Crippen molar-refractivity contribution in [1.29, 1.82) is 0 Å². The maximum atomic E-state index is 6.43. The van der Waals surface area contributed by atoms with E-state index >= 15 is 0 Å². The van der Waals surface area contributed by atoms with Crippen LogP contribution in [0, 0.1) is 0 Å². The molecule has 268 valence electrons. The van der Waals surface area contributed by atoms with Crippen molar-refractivity contribution in [3.63, 3.8) is 0 Å². The van der Waals surface area contributed by atoms with Crippen LogP contribution in [0.4, 0.5) is 0 Å². The summed E-state index contributed by atoms with van der Waals surface area (Å²) in [5, 5.41) is 10.8. The number of furan rings is 1. The Hall–Kier alpha value is -7.28. The van der Waals surface area contributed by atoms with Crippen molar-refractivity contribution in [3.8, 4) is 16.8 Å². The van der Waals surface area contributed by atoms with E-state index in [2.05, 4.69) is 155 Å². The number of rotatable bonds is 5. The molecule has 57 heavy (non-hydrogen) atoms. The van der Waals surface area contributed by atoms with E-state index in [9.17, 15) is 0 Å². The molecule has 1 aliphatic heterocycles. The molecule has 0 spiro atoms. The fourth-order valence-electron chi connectivity index (χ4n) is 8.56. The van der Waals surface area contributed by atoms with Crippen LogP contribution in [0.15, 0.2) is 196 Å². The van der Waals surface area contributed by atoms with E-state index in [1.165, 1.54) is 53.2 Å². The van der Waals surface area contributed by atoms with E-state index < -0.39 is 0 Å². The molecule has 4 heterocycles. The third-order valence-electron chi connectivity index (χ3n) is 11.3. The third-order valence-corrected chi connectivity index (χ3v) is 12.5. The number of aliphatic imine (C=N–C) groups is 2. The lowest BCUT2D eigenvalue weighted by Gasteiger charge is -2.23. The van der Waals surface area contributed by atoms with Crippen LogP contribution in [0.1, 0.15) is 22.9 Å². The lowest BCUT2D eigenvalue weighted by molar-refractivity contribution is 0.668. The average molecular weight is 749 g/mol. The molecule has 1 aliphatic rings. The topological polar surface area (TPSA) is 54.8 Å². The summed E-state index contributed by atoms with van der Waals surface area (Å²) in [6.45, 7) is 0. The fourth-order valence-corrected chi connectivity index (χ4v) is 9.78. The Bertz CT molecular complexity index is 3390. The lowest BCUT2D eigenvalue weighted by Crippen LogP contribution is -2.33. The molecule has 12 rings (SSSR count). The highest BCUT2D eigenvalue weighted by atomic mass is 32.1. The molecule has 3 aromatic heterocycles. The van der Waals surface area contributed by atoms with Crippen LogP contribution in [-0.4, -0.2) is 16.2 Å². The summed E-state index contributed by atoms with van der Waals surface area (Å²) in [6.07, 6.45) is -0.267. The van der Waals surface area contributed by atoms with E-state index in [1.807, 2.05) is 47.7 Å². The molecular formula is C51H32N4OS. The highest BCUT2D eigenvalue weighted by Gasteiger charge is 2.22. The minimum absolute atomic E-state index is 0.267. The number of fused-ring (bicyclic) bond motifs is 9. The number of para-hydroxylation sites is 2. The van der Waals surface area contributed by atoms with Gasteiger partial charge in [-0.2, -0.15) is 0 Å². The number of amidine groups is 2. The first-order chi connectivity index (χ1) is 28.2. The summed E-state index contributed by atoms with van der Waals surface area (Å²) >= 11 is 1.86. The zero-order chi connectivity index (χ0) is 37.5. The number of hydrogen-bond donors (Lipinski definition) is 1. The number of benzene rings is 8. The Morgan fingerprint density at radius 1 is 0.509 bits per heavy atom. The van der Waals surface area contributed by atoms with Gasteiger partial charge in [0.25, 0.3) is 0 Å². The molecule has 8 aromatic carbocycles. The summed E-state index contributed by atoms with van der Waals surface area (Å²) in [6, 6.07) is 64.4. The molecule has 1 atom stereocenters. The zero-order valence-electron chi connectivity index (χ0n) is 30.6. The summed E-state index contributed by atoms with van der Waals surface area (Å²) in [4.78, 5) is 10.1. The molecule has 0 amide bonds. The molecule has 11 aromatic rings. The molecule has 1 unspecified atom stereocenters. The molecule has 0 saturated heterocycles. The summed E-state index contributed by atoms with van der Waals surface area (Å²) < 4.78 is 11.4. The van der Waals surface area contributed by atoms with Crippen LogP contribution < -0.4 is 5.32 Å². The minimum Gasteiger partial charge on any atom is -0.456 e. The Labute approximate surface area is 331 Å². The van der Waals surface area contributed by atoms with Crippen molar-refractivity contribution in [1.82, 2.24) is 9.88 Å². The molecule has 6 heteroatoms. The highest BCUT2D eigenvalue weighted by Crippen LogP contribution is 2.43. The van der Waals surface area contributed by atoms with E-state index in [-0.39, 0.29) is 6.17 Å². The normalized spacial score (nSPS) is 14.5. The van der Waals surface area contributed by atoms with Crippen LogP contribution in [0.2, 0.25) is 0 Å². The van der Waals surface area contributed by atoms with Gasteiger partial charge in [-0.1, -0.05) is 121 Å². The van der Waals surface area contributed by atoms with Gasteiger partial charge in [0.15, 0.2) is 5.84 Å². The van der Waals surface area contributed by atoms with Crippen LogP contribution in [0.5, 0.6) is 0 Å². The molecule has 5 nitrogen and oxygen atoms in total. The Balaban J connectivity index is 0.966. The maximum Gasteiger partial charge on any atom is 0.159 e. The van der Waals surface area contributed by atoms with Crippen LogP contribution >= 0.6 is 11.3 Å². The van der Waals surface area contributed by atoms with E-state index in [0.717, 1.165) is 50.0 Å². The van der Waals surface area contributed by atoms with Gasteiger partial charge in [-0.25, -0.2) is 9.98 Å². The zero-order valence-corrected chi connectivity index (χ0v) is 31.4. The first-order valence-electron chi connectivity index (χ1n) is 19.2. The van der Waals surface area contributed by atoms with Crippen LogP contribution in [-0.2, 0) is 0 Å². The summed E-state index contributed by atoms with van der Waals surface area (Å²) in [7, 11) is 0. The standard InChI is InChI=1S/C51H32N4OS/c1-3-12-31(13-4-1)49-52-50(32-14-5-2-6-15-32)54-51(53-49)34-23-26-46-41(29-34)40-28-33(22-25-45(40)56-46)36-18-11-19-39-42-30-35(24-27-47(42)57-48(36)39)55-43-20-9-7-16-37(43)38-17-8-10-21-44(38)55/h1-30,49H,(H,52,53,54). The minimum atomic E-state index is -0.267. The number of nitrogens with one attached hydrogen (secondary N) is 1. The third kappa shape index (κ3) is 5.15. The average Bonchev–Trinajstić information content (AvgIpc) is 3.95. The van der Waals surface area contributed by atoms with Crippen molar-refractivity contribution in [2.45, 2.75) is 6.17 Å². The predicted octanol–water partition coefficient (Wildman–Crippen LogP) is 13.2. The smallest absolute Gasteiger partial charge is 0.159 e. The number of thiophene rings is 1. The van der Waals surface area contributed by atoms with E-state index in [0.29, 0.717) is 5.84 Å². The molecule has 0 fully saturated rings. The highest BCUT2D eigenvalue weighted by molar-refractivity contribution is 7.26. The maximum absolute atomic E-state index is 6.43. The first-order valence-corrected chi connectivity index (χ1v) is 20.0. The summed E-state index contributed by atoms with van der Waals surface area (Å²) in [5.74, 6) is 1.48. The van der Waals surface area contributed by atoms with Crippen LogP contribution in [0.3, 0.4) is 0 Å². The van der Waals surface area contributed by atoms with E-state index in [4.69, 9.17) is 14.4 Å². The van der Waals surface area contributed by atoms with E-state index in [1.54, 1.807) is 0 Å². The van der Waals surface area contributed by atoms with Gasteiger partial charge in [0.2, 0.25) is 0 Å².